The molecule has 158 valence electrons. The van der Waals surface area contributed by atoms with E-state index in [1.807, 2.05) is 24.3 Å². The predicted molar refractivity (Wildman–Crippen MR) is 121 cm³/mol. The van der Waals surface area contributed by atoms with E-state index in [9.17, 15) is 10.4 Å². The lowest BCUT2D eigenvalue weighted by Crippen LogP contribution is -2.41. The van der Waals surface area contributed by atoms with Gasteiger partial charge in [0.1, 0.15) is 6.10 Å². The van der Waals surface area contributed by atoms with Crippen LogP contribution in [0, 0.1) is 11.3 Å². The summed E-state index contributed by atoms with van der Waals surface area (Å²) >= 11 is 12.4. The lowest BCUT2D eigenvalue weighted by Gasteiger charge is -2.38. The molecule has 2 atom stereocenters. The Morgan fingerprint density at radius 3 is 2.48 bits per heavy atom. The smallest absolute Gasteiger partial charge is 0.101 e. The Balaban J connectivity index is 1.80. The average Bonchev–Trinajstić information content (AvgIpc) is 2.79. The third-order valence-corrected chi connectivity index (χ3v) is 5.83. The van der Waals surface area contributed by atoms with Crippen molar-refractivity contribution in [3.05, 3.63) is 87.5 Å². The molecule has 0 spiro atoms. The molecule has 2 heterocycles. The molecule has 1 saturated heterocycles. The summed E-state index contributed by atoms with van der Waals surface area (Å²) in [6, 6.07) is 18.1. The summed E-state index contributed by atoms with van der Waals surface area (Å²) in [5, 5.41) is 22.0. The lowest BCUT2D eigenvalue weighted by atomic mass is 9.90. The van der Waals surface area contributed by atoms with Gasteiger partial charge >= 0.3 is 0 Å². The van der Waals surface area contributed by atoms with Crippen molar-refractivity contribution in [3.8, 4) is 17.3 Å². The van der Waals surface area contributed by atoms with Gasteiger partial charge in [0.2, 0.25) is 0 Å². The number of aromatic nitrogens is 1. The summed E-state index contributed by atoms with van der Waals surface area (Å²) in [7, 11) is 0. The fraction of sp³-hybridized carbons (Fsp3) is 0.250. The number of morpholine rings is 1. The van der Waals surface area contributed by atoms with Crippen LogP contribution in [0.25, 0.3) is 11.3 Å². The maximum Gasteiger partial charge on any atom is 0.101 e. The van der Waals surface area contributed by atoms with Crippen molar-refractivity contribution in [2.45, 2.75) is 12.1 Å². The minimum Gasteiger partial charge on any atom is -0.386 e. The van der Waals surface area contributed by atoms with E-state index in [0.29, 0.717) is 53.2 Å². The molecule has 0 amide bonds. The van der Waals surface area contributed by atoms with Crippen LogP contribution in [-0.2, 0) is 4.74 Å². The molecule has 0 aliphatic carbocycles. The maximum atomic E-state index is 11.7. The van der Waals surface area contributed by atoms with E-state index in [0.717, 1.165) is 11.1 Å². The van der Waals surface area contributed by atoms with Gasteiger partial charge in [0.15, 0.2) is 0 Å². The molecule has 3 aromatic rings. The van der Waals surface area contributed by atoms with Crippen molar-refractivity contribution in [2.75, 3.05) is 26.3 Å². The highest BCUT2D eigenvalue weighted by Crippen LogP contribution is 2.39. The molecular weight excluding hydrogens is 433 g/mol. The quantitative estimate of drug-likeness (QED) is 0.586. The van der Waals surface area contributed by atoms with E-state index >= 15 is 0 Å². The second-order valence-electron chi connectivity index (χ2n) is 7.37. The number of aliphatic hydroxyl groups excluding tert-OH is 1. The van der Waals surface area contributed by atoms with Crippen LogP contribution in [0.2, 0.25) is 10.0 Å². The average molecular weight is 454 g/mol. The van der Waals surface area contributed by atoms with Gasteiger partial charge in [-0.3, -0.25) is 9.88 Å². The first-order valence-electron chi connectivity index (χ1n) is 9.98. The van der Waals surface area contributed by atoms with Crippen molar-refractivity contribution >= 4 is 23.2 Å². The third-order valence-electron chi connectivity index (χ3n) is 5.39. The Bertz CT molecular complexity index is 1090. The summed E-state index contributed by atoms with van der Waals surface area (Å²) in [6.45, 7) is 2.53. The molecule has 4 rings (SSSR count). The van der Waals surface area contributed by atoms with E-state index < -0.39 is 6.10 Å². The summed E-state index contributed by atoms with van der Waals surface area (Å²) in [6.07, 6.45) is 0.786. The van der Waals surface area contributed by atoms with Crippen molar-refractivity contribution in [2.24, 2.45) is 0 Å². The monoisotopic (exact) mass is 453 g/mol. The van der Waals surface area contributed by atoms with Gasteiger partial charge in [0, 0.05) is 40.5 Å². The molecule has 1 fully saturated rings. The zero-order valence-corrected chi connectivity index (χ0v) is 18.2. The fourth-order valence-corrected chi connectivity index (χ4v) is 4.52. The number of pyridine rings is 1. The van der Waals surface area contributed by atoms with E-state index in [4.69, 9.17) is 27.9 Å². The van der Waals surface area contributed by atoms with Gasteiger partial charge in [-0.1, -0.05) is 41.4 Å². The van der Waals surface area contributed by atoms with Gasteiger partial charge < -0.3 is 9.84 Å². The Morgan fingerprint density at radius 1 is 1.03 bits per heavy atom. The van der Waals surface area contributed by atoms with Crippen LogP contribution in [0.3, 0.4) is 0 Å². The number of benzene rings is 2. The Hall–Kier alpha value is -2.46. The second kappa shape index (κ2) is 9.78. The van der Waals surface area contributed by atoms with Crippen molar-refractivity contribution < 1.29 is 9.84 Å². The SMILES string of the molecule is N#Cc1cccc([C@@H]([C@H](O)c2cccnc2-c2cc(Cl)cc(Cl)c2)N2CCOCC2)c1. The Kier molecular flexibility index (Phi) is 6.86. The lowest BCUT2D eigenvalue weighted by molar-refractivity contribution is -0.0237. The first kappa shape index (κ1) is 21.8. The number of halogens is 2. The van der Waals surface area contributed by atoms with E-state index in [1.54, 1.807) is 36.5 Å². The van der Waals surface area contributed by atoms with E-state index in [2.05, 4.69) is 16.0 Å². The zero-order chi connectivity index (χ0) is 21.8. The molecule has 0 radical (unpaired) electrons. The molecule has 0 unspecified atom stereocenters. The van der Waals surface area contributed by atoms with E-state index in [1.165, 1.54) is 0 Å². The van der Waals surface area contributed by atoms with Gasteiger partial charge in [-0.05, 0) is 42.0 Å². The number of hydrogen-bond acceptors (Lipinski definition) is 5. The zero-order valence-electron chi connectivity index (χ0n) is 16.7. The van der Waals surface area contributed by atoms with Gasteiger partial charge in [-0.15, -0.1) is 0 Å². The minimum atomic E-state index is -0.895. The highest BCUT2D eigenvalue weighted by Gasteiger charge is 2.32. The first-order valence-corrected chi connectivity index (χ1v) is 10.7. The molecule has 2 aromatic carbocycles. The van der Waals surface area contributed by atoms with Crippen LogP contribution in [-0.4, -0.2) is 41.3 Å². The highest BCUT2D eigenvalue weighted by molar-refractivity contribution is 6.35. The van der Waals surface area contributed by atoms with Crippen LogP contribution >= 0.6 is 23.2 Å². The predicted octanol–water partition coefficient (Wildman–Crippen LogP) is 5.03. The second-order valence-corrected chi connectivity index (χ2v) is 8.25. The molecular formula is C24H21Cl2N3O2. The molecule has 0 saturated carbocycles. The van der Waals surface area contributed by atoms with Gasteiger partial charge in [-0.25, -0.2) is 0 Å². The Morgan fingerprint density at radius 2 is 1.77 bits per heavy atom. The number of hydrogen-bond donors (Lipinski definition) is 1. The molecule has 1 aromatic heterocycles. The molecule has 5 nitrogen and oxygen atoms in total. The van der Waals surface area contributed by atoms with Crippen LogP contribution in [0.15, 0.2) is 60.8 Å². The molecule has 7 heteroatoms. The van der Waals surface area contributed by atoms with E-state index in [-0.39, 0.29) is 6.04 Å². The summed E-state index contributed by atoms with van der Waals surface area (Å²) in [4.78, 5) is 6.72. The topological polar surface area (TPSA) is 69.4 Å². The van der Waals surface area contributed by atoms with Crippen LogP contribution < -0.4 is 0 Å². The molecule has 1 aliphatic heterocycles. The normalized spacial score (nSPS) is 16.5. The molecule has 1 aliphatic rings. The molecule has 0 bridgehead atoms. The van der Waals surface area contributed by atoms with Crippen molar-refractivity contribution in [3.63, 3.8) is 0 Å². The Labute approximate surface area is 191 Å². The number of rotatable bonds is 5. The third kappa shape index (κ3) is 4.90. The number of aliphatic hydroxyl groups is 1. The summed E-state index contributed by atoms with van der Waals surface area (Å²) in [5.41, 5.74) is 3.44. The number of nitriles is 1. The molecule has 31 heavy (non-hydrogen) atoms. The summed E-state index contributed by atoms with van der Waals surface area (Å²) < 4.78 is 5.52. The van der Waals surface area contributed by atoms with Gasteiger partial charge in [0.05, 0.1) is 36.6 Å². The van der Waals surface area contributed by atoms with Gasteiger partial charge in [-0.2, -0.15) is 5.26 Å². The largest absolute Gasteiger partial charge is 0.386 e. The van der Waals surface area contributed by atoms with Crippen LogP contribution in [0.1, 0.15) is 28.8 Å². The highest BCUT2D eigenvalue weighted by atomic mass is 35.5. The summed E-state index contributed by atoms with van der Waals surface area (Å²) in [5.74, 6) is 0. The number of nitrogens with zero attached hydrogens (tertiary/aromatic N) is 3. The van der Waals surface area contributed by atoms with Crippen molar-refractivity contribution in [1.29, 1.82) is 5.26 Å². The van der Waals surface area contributed by atoms with Crippen molar-refractivity contribution in [1.82, 2.24) is 9.88 Å². The first-order chi connectivity index (χ1) is 15.1. The fourth-order valence-electron chi connectivity index (χ4n) is 4.00. The minimum absolute atomic E-state index is 0.366. The standard InChI is InChI=1S/C24H21Cl2N3O2/c25-19-12-18(13-20(26)14-19)22-21(5-2-6-28-22)24(30)23(29-7-9-31-10-8-29)17-4-1-3-16(11-17)15-27/h1-6,11-14,23-24,30H,7-10H2/t23-,24+/m0/s1. The van der Waals surface area contributed by atoms with Crippen LogP contribution in [0.4, 0.5) is 0 Å². The maximum absolute atomic E-state index is 11.7. The van der Waals surface area contributed by atoms with Gasteiger partial charge in [0.25, 0.3) is 0 Å². The molecule has 1 N–H and O–H groups in total. The van der Waals surface area contributed by atoms with Crippen LogP contribution in [0.5, 0.6) is 0 Å². The number of ether oxygens (including phenoxy) is 1.